The van der Waals surface area contributed by atoms with Gasteiger partial charge in [0.05, 0.1) is 0 Å². The van der Waals surface area contributed by atoms with Gasteiger partial charge in [-0.1, -0.05) is 6.20 Å². The van der Waals surface area contributed by atoms with Crippen LogP contribution in [0, 0.1) is 18.8 Å². The van der Waals surface area contributed by atoms with E-state index in [1.807, 2.05) is 6.92 Å². The van der Waals surface area contributed by atoms with Crippen molar-refractivity contribution >= 4 is 37.9 Å². The molecule has 0 atom stereocenters. The Labute approximate surface area is 134 Å². The summed E-state index contributed by atoms with van der Waals surface area (Å²) in [5.41, 5.74) is 1.78. The molecule has 2 aromatic rings. The molecule has 0 aliphatic heterocycles. The number of aryl methyl sites for hydroxylation is 1. The number of aromatic nitrogens is 1. The molecule has 0 saturated heterocycles. The molecule has 1 aromatic carbocycles. The SMILES string of the molecule is Cc1cc(S)cc(F)c1C[N-]C(S)(S)c1[c-]cccn1.[Cm]. The third-order valence-corrected chi connectivity index (χ3v) is 3.75. The third-order valence-electron chi connectivity index (χ3n) is 2.78. The first-order valence-corrected chi connectivity index (χ1v) is 7.19. The van der Waals surface area contributed by atoms with Crippen LogP contribution in [0.1, 0.15) is 16.8 Å². The molecular formula is C14H13CmFN2S3-2. The number of pyridine rings is 1. The normalized spacial score (nSPS) is 11.1. The van der Waals surface area contributed by atoms with Crippen LogP contribution in [0.15, 0.2) is 35.4 Å². The monoisotopic (exact) mass is 567 g/mol. The Hall–Kier alpha value is -1.69. The van der Waals surface area contributed by atoms with Gasteiger partial charge < -0.3 is 10.3 Å². The fraction of sp³-hybridized carbons (Fsp3) is 0.214. The van der Waals surface area contributed by atoms with Crippen molar-refractivity contribution in [3.05, 3.63) is 64.5 Å². The van der Waals surface area contributed by atoms with Gasteiger partial charge in [0, 0.05) is 4.90 Å². The number of hydrogen-bond acceptors (Lipinski definition) is 4. The molecule has 0 radical (unpaired) electrons. The Morgan fingerprint density at radius 2 is 2.10 bits per heavy atom. The fourth-order valence-electron chi connectivity index (χ4n) is 1.73. The Morgan fingerprint density at radius 1 is 1.38 bits per heavy atom. The summed E-state index contributed by atoms with van der Waals surface area (Å²) in [5, 5.41) is 4.32. The van der Waals surface area contributed by atoms with Gasteiger partial charge in [0.2, 0.25) is 0 Å². The van der Waals surface area contributed by atoms with Crippen molar-refractivity contribution in [1.29, 1.82) is 0 Å². The number of benzene rings is 1. The van der Waals surface area contributed by atoms with E-state index >= 15 is 0 Å². The molecule has 0 aliphatic rings. The minimum atomic E-state index is -1.11. The van der Waals surface area contributed by atoms with Gasteiger partial charge in [0.1, 0.15) is 5.82 Å². The van der Waals surface area contributed by atoms with E-state index in [0.717, 1.165) is 5.56 Å². The van der Waals surface area contributed by atoms with Crippen LogP contribution in [0.2, 0.25) is 0 Å². The van der Waals surface area contributed by atoms with Crippen molar-refractivity contribution in [2.45, 2.75) is 22.6 Å². The number of rotatable bonds is 4. The van der Waals surface area contributed by atoms with E-state index in [2.05, 4.69) is 54.3 Å². The first-order valence-electron chi connectivity index (χ1n) is 5.85. The number of thiol groups is 3. The summed E-state index contributed by atoms with van der Waals surface area (Å²) >= 11 is 12.9. The van der Waals surface area contributed by atoms with E-state index < -0.39 is 4.20 Å². The first kappa shape index (κ1) is 17.4. The molecule has 114 valence electrons. The van der Waals surface area contributed by atoms with E-state index in [0.29, 0.717) is 16.2 Å². The largest absolute Gasteiger partial charge is 0.632 e. The summed E-state index contributed by atoms with van der Waals surface area (Å²) in [4.78, 5) is 4.70. The van der Waals surface area contributed by atoms with Crippen LogP contribution in [-0.2, 0) is 10.7 Å². The Bertz CT molecular complexity index is 585. The minimum Gasteiger partial charge on any atom is -0.632 e. The molecule has 0 fully saturated rings. The molecule has 0 bridgehead atoms. The topological polar surface area (TPSA) is 27.0 Å². The molecule has 0 unspecified atom stereocenters. The van der Waals surface area contributed by atoms with E-state index in [1.165, 1.54) is 6.07 Å². The molecule has 0 N–H and O–H groups in total. The number of nitrogens with zero attached hydrogens (tertiary/aromatic N) is 2. The smallest absolute Gasteiger partial charge is 0.126 e. The molecule has 1 aromatic heterocycles. The van der Waals surface area contributed by atoms with Crippen LogP contribution in [0.3, 0.4) is 0 Å². The van der Waals surface area contributed by atoms with Gasteiger partial charge in [-0.25, -0.2) is 16.5 Å². The first-order chi connectivity index (χ1) is 9.40. The van der Waals surface area contributed by atoms with Crippen molar-refractivity contribution in [3.8, 4) is 0 Å². The van der Waals surface area contributed by atoms with Crippen molar-refractivity contribution in [3.63, 3.8) is 0 Å². The quantitative estimate of drug-likeness (QED) is 0.287. The van der Waals surface area contributed by atoms with Crippen LogP contribution in [0.5, 0.6) is 0 Å². The summed E-state index contributed by atoms with van der Waals surface area (Å²) in [6.07, 6.45) is 1.62. The molecule has 7 heteroatoms. The molecule has 2 rings (SSSR count). The fourth-order valence-corrected chi connectivity index (χ4v) is 2.42. The maximum Gasteiger partial charge on any atom is 0.126 e. The van der Waals surface area contributed by atoms with Crippen LogP contribution in [-0.4, -0.2) is 4.98 Å². The molecule has 1 heterocycles. The maximum atomic E-state index is 13.9. The second kappa shape index (κ2) is 6.85. The van der Waals surface area contributed by atoms with Crippen LogP contribution >= 0.6 is 37.9 Å². The van der Waals surface area contributed by atoms with Gasteiger partial charge in [-0.2, -0.15) is 31.3 Å². The van der Waals surface area contributed by atoms with Crippen LogP contribution in [0.4, 0.5) is 4.39 Å². The Morgan fingerprint density at radius 3 is 2.67 bits per heavy atom. The van der Waals surface area contributed by atoms with Crippen LogP contribution in [0.25, 0.3) is 5.32 Å². The Balaban J connectivity index is 0.00000220. The third kappa shape index (κ3) is 4.14. The molecule has 0 saturated carbocycles. The van der Waals surface area contributed by atoms with Gasteiger partial charge in [0.15, 0.2) is 0 Å². The zero-order valence-electron chi connectivity index (χ0n) is 11.1. The van der Waals surface area contributed by atoms with Crippen molar-refractivity contribution < 1.29 is 4.39 Å². The predicted molar refractivity (Wildman–Crippen MR) is 88.2 cm³/mol. The second-order valence-corrected chi connectivity index (χ2v) is 6.47. The molecule has 21 heavy (non-hydrogen) atoms. The van der Waals surface area contributed by atoms with E-state index in [4.69, 9.17) is 0 Å². The van der Waals surface area contributed by atoms with Gasteiger partial charge in [0.25, 0.3) is 0 Å². The molecule has 0 spiro atoms. The molecular weight excluding hydrogens is 558 g/mol. The number of halogens is 1. The predicted octanol–water partition coefficient (Wildman–Crippen LogP) is 4.16. The summed E-state index contributed by atoms with van der Waals surface area (Å²) in [6, 6.07) is 9.54. The second-order valence-electron chi connectivity index (χ2n) is 4.30. The van der Waals surface area contributed by atoms with E-state index in [-0.39, 0.29) is 12.4 Å². The summed E-state index contributed by atoms with van der Waals surface area (Å²) < 4.78 is 12.8. The number of hydrogen-bond donors (Lipinski definition) is 3. The molecule has 0 aliphatic carbocycles. The van der Waals surface area contributed by atoms with Gasteiger partial charge in [-0.05, 0) is 40.1 Å². The zero-order valence-corrected chi connectivity index (χ0v) is 16.7. The molecule has 0 amide bonds. The van der Waals surface area contributed by atoms with E-state index in [1.54, 1.807) is 24.4 Å². The zero-order chi connectivity index (χ0) is 14.8. The molecule has 2 nitrogen and oxygen atoms in total. The van der Waals surface area contributed by atoms with E-state index in [9.17, 15) is 4.39 Å². The van der Waals surface area contributed by atoms with Crippen molar-refractivity contribution in [2.75, 3.05) is 0 Å². The Kier molecular flexibility index (Phi) is 5.66. The summed E-state index contributed by atoms with van der Waals surface area (Å²) in [7, 11) is 0. The minimum absolute atomic E-state index is 0. The average Bonchev–Trinajstić information content (AvgIpc) is 2.38. The van der Waals surface area contributed by atoms with Gasteiger partial charge >= 0.3 is 0 Å². The van der Waals surface area contributed by atoms with Crippen molar-refractivity contribution in [2.24, 2.45) is 0 Å². The standard InChI is InChI=1S/C14H13FN2S3.Cm/c1-9-6-10(18)7-12(15)11(9)8-17-14(19,20)13-4-2-3-5-16-13;/h2-3,5-7,18-20H,8H2,1H3;/q-2;. The maximum absolute atomic E-state index is 13.9. The van der Waals surface area contributed by atoms with Gasteiger partial charge in [-0.3, -0.25) is 0 Å². The summed E-state index contributed by atoms with van der Waals surface area (Å²) in [6.45, 7) is 1.97. The van der Waals surface area contributed by atoms with Crippen molar-refractivity contribution in [1.82, 2.24) is 4.98 Å². The summed E-state index contributed by atoms with van der Waals surface area (Å²) in [5.74, 6) is -0.332. The average molecular weight is 571 g/mol. The van der Waals surface area contributed by atoms with Gasteiger partial charge in [-0.15, -0.1) is 19.2 Å². The van der Waals surface area contributed by atoms with Crippen LogP contribution < -0.4 is 0 Å².